The summed E-state index contributed by atoms with van der Waals surface area (Å²) in [6.07, 6.45) is 0.0789. The summed E-state index contributed by atoms with van der Waals surface area (Å²) in [5, 5.41) is 17.8. The molecule has 3 unspecified atom stereocenters. The first kappa shape index (κ1) is 12.8. The zero-order valence-electron chi connectivity index (χ0n) is 8.56. The molecule has 0 saturated heterocycles. The fourth-order valence-electron chi connectivity index (χ4n) is 0.966. The van der Waals surface area contributed by atoms with E-state index in [1.54, 1.807) is 0 Å². The number of aliphatic hydroxyl groups excluding tert-OH is 2. The van der Waals surface area contributed by atoms with Gasteiger partial charge in [-0.2, -0.15) is 0 Å². The molecule has 0 amide bonds. The van der Waals surface area contributed by atoms with Gasteiger partial charge in [0, 0.05) is 13.0 Å². The average molecular weight is 192 g/mol. The van der Waals surface area contributed by atoms with Gasteiger partial charge in [0.1, 0.15) is 0 Å². The molecule has 0 rings (SSSR count). The lowest BCUT2D eigenvalue weighted by Crippen LogP contribution is -2.32. The second kappa shape index (κ2) is 7.26. The molecular weight excluding hydrogens is 172 g/mol. The Morgan fingerprint density at radius 2 is 1.85 bits per heavy atom. The van der Waals surface area contributed by atoms with Crippen molar-refractivity contribution < 1.29 is 19.7 Å². The molecule has 0 radical (unpaired) electrons. The molecule has 3 atom stereocenters. The Bertz CT molecular complexity index is 114. The summed E-state index contributed by atoms with van der Waals surface area (Å²) in [6.45, 7) is 3.75. The van der Waals surface area contributed by atoms with Crippen molar-refractivity contribution in [2.45, 2.75) is 32.7 Å². The molecule has 0 aromatic carbocycles. The largest absolute Gasteiger partial charge is 0.396 e. The fraction of sp³-hybridized carbons (Fsp3) is 1.00. The molecular formula is C9H20O4. The van der Waals surface area contributed by atoms with E-state index in [2.05, 4.69) is 0 Å². The molecule has 4 nitrogen and oxygen atoms in total. The molecule has 0 aromatic heterocycles. The van der Waals surface area contributed by atoms with Crippen LogP contribution in [-0.4, -0.2) is 42.9 Å². The first-order chi connectivity index (χ1) is 6.19. The van der Waals surface area contributed by atoms with Gasteiger partial charge < -0.3 is 19.7 Å². The summed E-state index contributed by atoms with van der Waals surface area (Å²) in [5.74, 6) is -0.0781. The molecule has 80 valence electrons. The van der Waals surface area contributed by atoms with Crippen LogP contribution in [0.15, 0.2) is 0 Å². The van der Waals surface area contributed by atoms with Crippen LogP contribution in [-0.2, 0) is 9.47 Å². The smallest absolute Gasteiger partial charge is 0.162 e. The highest BCUT2D eigenvalue weighted by atomic mass is 16.7. The molecule has 0 aliphatic carbocycles. The molecule has 0 aliphatic rings. The number of aliphatic hydroxyl groups is 2. The maximum Gasteiger partial charge on any atom is 0.162 e. The number of rotatable bonds is 7. The molecule has 0 fully saturated rings. The number of ether oxygens (including phenoxy) is 2. The Labute approximate surface area is 79.5 Å². The van der Waals surface area contributed by atoms with Crippen molar-refractivity contribution in [3.8, 4) is 0 Å². The Hall–Kier alpha value is -0.160. The number of hydrogen-bond acceptors (Lipinski definition) is 4. The fourth-order valence-corrected chi connectivity index (χ4v) is 0.966. The minimum Gasteiger partial charge on any atom is -0.396 e. The normalized spacial score (nSPS) is 18.2. The van der Waals surface area contributed by atoms with Crippen LogP contribution < -0.4 is 0 Å². The minimum atomic E-state index is -0.443. The maximum atomic E-state index is 8.88. The van der Waals surface area contributed by atoms with E-state index in [0.29, 0.717) is 0 Å². The monoisotopic (exact) mass is 192 g/mol. The Kier molecular flexibility index (Phi) is 7.17. The first-order valence-corrected chi connectivity index (χ1v) is 4.59. The van der Waals surface area contributed by atoms with Crippen LogP contribution in [0, 0.1) is 5.92 Å². The van der Waals surface area contributed by atoms with Crippen LogP contribution in [0.4, 0.5) is 0 Å². The summed E-state index contributed by atoms with van der Waals surface area (Å²) in [6, 6.07) is 0. The summed E-state index contributed by atoms with van der Waals surface area (Å²) in [7, 11) is 1.53. The van der Waals surface area contributed by atoms with E-state index in [1.165, 1.54) is 7.11 Å². The maximum absolute atomic E-state index is 8.88. The van der Waals surface area contributed by atoms with Gasteiger partial charge in [0.25, 0.3) is 0 Å². The van der Waals surface area contributed by atoms with E-state index in [9.17, 15) is 0 Å². The van der Waals surface area contributed by atoms with Crippen LogP contribution in [0.3, 0.4) is 0 Å². The molecule has 0 heterocycles. The molecule has 0 saturated carbocycles. The molecule has 0 bridgehead atoms. The van der Waals surface area contributed by atoms with Crippen LogP contribution >= 0.6 is 0 Å². The zero-order valence-corrected chi connectivity index (χ0v) is 8.56. The number of hydrogen-bond donors (Lipinski definition) is 2. The van der Waals surface area contributed by atoms with Gasteiger partial charge in [-0.25, -0.2) is 0 Å². The van der Waals surface area contributed by atoms with E-state index in [0.717, 1.165) is 6.42 Å². The molecule has 0 aromatic rings. The molecule has 13 heavy (non-hydrogen) atoms. The Morgan fingerprint density at radius 1 is 1.23 bits per heavy atom. The second-order valence-electron chi connectivity index (χ2n) is 3.11. The van der Waals surface area contributed by atoms with Gasteiger partial charge >= 0.3 is 0 Å². The van der Waals surface area contributed by atoms with Crippen molar-refractivity contribution in [1.82, 2.24) is 0 Å². The average Bonchev–Trinajstić information content (AvgIpc) is 2.19. The minimum absolute atomic E-state index is 0.0143. The van der Waals surface area contributed by atoms with Crippen molar-refractivity contribution in [1.29, 1.82) is 0 Å². The number of methoxy groups -OCH3 is 1. The highest BCUT2D eigenvalue weighted by molar-refractivity contribution is 4.59. The predicted octanol–water partition coefficient (Wildman–Crippen LogP) is 0.375. The standard InChI is InChI=1S/C9H20O4/c1-4-8(6-11)13-9(12-3)7(2)5-10/h7-11H,4-6H2,1-3H3. The van der Waals surface area contributed by atoms with E-state index in [-0.39, 0.29) is 25.2 Å². The van der Waals surface area contributed by atoms with Crippen LogP contribution in [0.2, 0.25) is 0 Å². The van der Waals surface area contributed by atoms with E-state index in [4.69, 9.17) is 19.7 Å². The van der Waals surface area contributed by atoms with Crippen LogP contribution in [0.25, 0.3) is 0 Å². The van der Waals surface area contributed by atoms with Gasteiger partial charge in [0.05, 0.1) is 19.3 Å². The van der Waals surface area contributed by atoms with Gasteiger partial charge in [0.2, 0.25) is 0 Å². The first-order valence-electron chi connectivity index (χ1n) is 4.59. The van der Waals surface area contributed by atoms with E-state index >= 15 is 0 Å². The van der Waals surface area contributed by atoms with Crippen molar-refractivity contribution >= 4 is 0 Å². The summed E-state index contributed by atoms with van der Waals surface area (Å²) in [4.78, 5) is 0. The van der Waals surface area contributed by atoms with Crippen molar-refractivity contribution in [2.75, 3.05) is 20.3 Å². The highest BCUT2D eigenvalue weighted by Gasteiger charge is 2.19. The van der Waals surface area contributed by atoms with Crippen molar-refractivity contribution in [3.63, 3.8) is 0 Å². The molecule has 0 spiro atoms. The summed E-state index contributed by atoms with van der Waals surface area (Å²) < 4.78 is 10.5. The third-order valence-electron chi connectivity index (χ3n) is 1.97. The predicted molar refractivity (Wildman–Crippen MR) is 49.3 cm³/mol. The van der Waals surface area contributed by atoms with E-state index < -0.39 is 6.29 Å². The quantitative estimate of drug-likeness (QED) is 0.572. The summed E-state index contributed by atoms with van der Waals surface area (Å²) >= 11 is 0. The molecule has 0 aliphatic heterocycles. The molecule has 2 N–H and O–H groups in total. The van der Waals surface area contributed by atoms with Gasteiger partial charge in [-0.1, -0.05) is 13.8 Å². The van der Waals surface area contributed by atoms with Gasteiger partial charge in [-0.05, 0) is 6.42 Å². The van der Waals surface area contributed by atoms with Crippen LogP contribution in [0.5, 0.6) is 0 Å². The van der Waals surface area contributed by atoms with E-state index in [1.807, 2.05) is 13.8 Å². The van der Waals surface area contributed by atoms with Crippen molar-refractivity contribution in [2.24, 2.45) is 5.92 Å². The lowest BCUT2D eigenvalue weighted by atomic mass is 10.2. The lowest BCUT2D eigenvalue weighted by Gasteiger charge is -2.25. The van der Waals surface area contributed by atoms with Gasteiger partial charge in [-0.15, -0.1) is 0 Å². The molecule has 4 heteroatoms. The third kappa shape index (κ3) is 4.57. The Balaban J connectivity index is 3.94. The summed E-state index contributed by atoms with van der Waals surface area (Å²) in [5.41, 5.74) is 0. The van der Waals surface area contributed by atoms with Crippen molar-refractivity contribution in [3.05, 3.63) is 0 Å². The van der Waals surface area contributed by atoms with Gasteiger partial charge in [0.15, 0.2) is 6.29 Å². The SMILES string of the molecule is CCC(CO)OC(OC)C(C)CO. The second-order valence-corrected chi connectivity index (χ2v) is 3.11. The zero-order chi connectivity index (χ0) is 10.3. The topological polar surface area (TPSA) is 58.9 Å². The highest BCUT2D eigenvalue weighted by Crippen LogP contribution is 2.11. The Morgan fingerprint density at radius 3 is 2.15 bits per heavy atom. The van der Waals surface area contributed by atoms with Gasteiger partial charge in [-0.3, -0.25) is 0 Å². The van der Waals surface area contributed by atoms with Crippen LogP contribution in [0.1, 0.15) is 20.3 Å². The third-order valence-corrected chi connectivity index (χ3v) is 1.97. The lowest BCUT2D eigenvalue weighted by molar-refractivity contribution is -0.193.